The normalized spacial score (nSPS) is 9.83. The fourth-order valence-corrected chi connectivity index (χ4v) is 1.01. The van der Waals surface area contributed by atoms with Crippen molar-refractivity contribution in [1.82, 2.24) is 15.5 Å². The van der Waals surface area contributed by atoms with Crippen LogP contribution in [-0.4, -0.2) is 50.3 Å². The molecule has 0 aliphatic carbocycles. The van der Waals surface area contributed by atoms with Crippen LogP contribution in [0.2, 0.25) is 0 Å². The van der Waals surface area contributed by atoms with Crippen LogP contribution in [0.25, 0.3) is 0 Å². The highest BCUT2D eigenvalue weighted by molar-refractivity contribution is 7.80. The van der Waals surface area contributed by atoms with Crippen LogP contribution >= 0.6 is 12.2 Å². The predicted octanol–water partition coefficient (Wildman–Crippen LogP) is -1.03. The van der Waals surface area contributed by atoms with Crippen LogP contribution in [0.15, 0.2) is 0 Å². The van der Waals surface area contributed by atoms with Crippen LogP contribution < -0.4 is 16.4 Å². The van der Waals surface area contributed by atoms with Gasteiger partial charge in [0, 0.05) is 26.2 Å². The summed E-state index contributed by atoms with van der Waals surface area (Å²) in [5.74, 6) is 0. The molecule has 4 nitrogen and oxygen atoms in total. The fourth-order valence-electron chi connectivity index (χ4n) is 0.826. The van der Waals surface area contributed by atoms with Gasteiger partial charge in [0.2, 0.25) is 0 Å². The molecule has 0 spiro atoms. The largest absolute Gasteiger partial charge is 0.376 e. The Hall–Kier alpha value is -0.390. The monoisotopic (exact) mass is 190 g/mol. The van der Waals surface area contributed by atoms with Crippen molar-refractivity contribution in [3.63, 3.8) is 0 Å². The summed E-state index contributed by atoms with van der Waals surface area (Å²) in [6.07, 6.45) is 0. The van der Waals surface area contributed by atoms with Crippen LogP contribution in [0.4, 0.5) is 0 Å². The van der Waals surface area contributed by atoms with Gasteiger partial charge in [0.25, 0.3) is 0 Å². The molecule has 72 valence electrons. The molecule has 0 aromatic carbocycles. The zero-order chi connectivity index (χ0) is 9.40. The van der Waals surface area contributed by atoms with Gasteiger partial charge in [-0.15, -0.1) is 0 Å². The molecule has 0 fully saturated rings. The first kappa shape index (κ1) is 11.6. The first-order valence-electron chi connectivity index (χ1n) is 4.06. The topological polar surface area (TPSA) is 53.3 Å². The second kappa shape index (κ2) is 7.27. The van der Waals surface area contributed by atoms with E-state index < -0.39 is 0 Å². The number of hydrogen-bond donors (Lipinski definition) is 3. The van der Waals surface area contributed by atoms with E-state index >= 15 is 0 Å². The van der Waals surface area contributed by atoms with E-state index in [1.165, 1.54) is 0 Å². The zero-order valence-electron chi connectivity index (χ0n) is 7.76. The van der Waals surface area contributed by atoms with Crippen molar-refractivity contribution >= 4 is 17.3 Å². The summed E-state index contributed by atoms with van der Waals surface area (Å²) in [5.41, 5.74) is 5.52. The molecule has 0 amide bonds. The van der Waals surface area contributed by atoms with Gasteiger partial charge in [-0.1, -0.05) is 0 Å². The van der Waals surface area contributed by atoms with Crippen molar-refractivity contribution in [1.29, 1.82) is 0 Å². The number of likely N-dealkylation sites (N-methyl/N-ethyl adjacent to an activating group) is 2. The lowest BCUT2D eigenvalue weighted by atomic mass is 10.5. The number of thiocarbonyl (C=S) groups is 1. The maximum Gasteiger partial charge on any atom is 0.166 e. The van der Waals surface area contributed by atoms with E-state index in [1.807, 2.05) is 19.0 Å². The summed E-state index contributed by atoms with van der Waals surface area (Å²) in [4.78, 5) is 1.97. The molecule has 0 heterocycles. The Labute approximate surface area is 79.5 Å². The lowest BCUT2D eigenvalue weighted by Crippen LogP contribution is -2.42. The lowest BCUT2D eigenvalue weighted by molar-refractivity contribution is 0.417. The number of nitrogens with zero attached hydrogens (tertiary/aromatic N) is 1. The third-order valence-electron chi connectivity index (χ3n) is 1.58. The fraction of sp³-hybridized carbons (Fsp3) is 0.857. The van der Waals surface area contributed by atoms with E-state index in [9.17, 15) is 0 Å². The molecule has 0 bridgehead atoms. The lowest BCUT2D eigenvalue weighted by Gasteiger charge is -2.22. The highest BCUT2D eigenvalue weighted by Crippen LogP contribution is 1.85. The first-order chi connectivity index (χ1) is 5.72. The second-order valence-corrected chi connectivity index (χ2v) is 2.95. The maximum absolute atomic E-state index is 5.52. The summed E-state index contributed by atoms with van der Waals surface area (Å²) in [7, 11) is 3.83. The Bertz CT molecular complexity index is 121. The van der Waals surface area contributed by atoms with Crippen molar-refractivity contribution < 1.29 is 0 Å². The molecule has 4 N–H and O–H groups in total. The van der Waals surface area contributed by atoms with Gasteiger partial charge in [0.15, 0.2) is 5.11 Å². The van der Waals surface area contributed by atoms with E-state index in [1.54, 1.807) is 0 Å². The van der Waals surface area contributed by atoms with Gasteiger partial charge in [-0.3, -0.25) is 0 Å². The SMILES string of the molecule is CNCCN(CCNC)C(N)=S. The Morgan fingerprint density at radius 1 is 1.25 bits per heavy atom. The van der Waals surface area contributed by atoms with Crippen LogP contribution in [0.5, 0.6) is 0 Å². The van der Waals surface area contributed by atoms with Crippen LogP contribution in [0.1, 0.15) is 0 Å². The van der Waals surface area contributed by atoms with Crippen molar-refractivity contribution in [2.24, 2.45) is 5.73 Å². The van der Waals surface area contributed by atoms with E-state index in [0.717, 1.165) is 26.2 Å². The molecule has 0 aliphatic heterocycles. The van der Waals surface area contributed by atoms with Gasteiger partial charge in [-0.05, 0) is 26.3 Å². The molecular weight excluding hydrogens is 172 g/mol. The third kappa shape index (κ3) is 5.29. The molecule has 0 unspecified atom stereocenters. The molecule has 0 aromatic heterocycles. The summed E-state index contributed by atoms with van der Waals surface area (Å²) < 4.78 is 0. The smallest absolute Gasteiger partial charge is 0.166 e. The average molecular weight is 190 g/mol. The standard InChI is InChI=1S/C7H18N4S/c1-9-3-5-11(7(8)12)6-4-10-2/h9-10H,3-6H2,1-2H3,(H2,8,12). The molecule has 0 aliphatic rings. The molecule has 0 saturated heterocycles. The van der Waals surface area contributed by atoms with Gasteiger partial charge in [0.05, 0.1) is 0 Å². The van der Waals surface area contributed by atoms with Crippen LogP contribution in [-0.2, 0) is 0 Å². The number of nitrogens with one attached hydrogen (secondary N) is 2. The Balaban J connectivity index is 3.62. The van der Waals surface area contributed by atoms with Crippen molar-refractivity contribution in [2.45, 2.75) is 0 Å². The molecule has 0 aromatic rings. The minimum absolute atomic E-state index is 0.473. The number of nitrogens with two attached hydrogens (primary N) is 1. The summed E-state index contributed by atoms with van der Waals surface area (Å²) in [6, 6.07) is 0. The van der Waals surface area contributed by atoms with Gasteiger partial charge in [0.1, 0.15) is 0 Å². The zero-order valence-corrected chi connectivity index (χ0v) is 8.58. The molecule has 12 heavy (non-hydrogen) atoms. The van der Waals surface area contributed by atoms with Gasteiger partial charge >= 0.3 is 0 Å². The van der Waals surface area contributed by atoms with E-state index in [4.69, 9.17) is 18.0 Å². The predicted molar refractivity (Wildman–Crippen MR) is 56.2 cm³/mol. The molecular formula is C7H18N4S. The third-order valence-corrected chi connectivity index (χ3v) is 1.83. The number of rotatable bonds is 6. The van der Waals surface area contributed by atoms with Gasteiger partial charge in [-0.2, -0.15) is 0 Å². The first-order valence-corrected chi connectivity index (χ1v) is 4.46. The average Bonchev–Trinajstić information content (AvgIpc) is 2.04. The summed E-state index contributed by atoms with van der Waals surface area (Å²) >= 11 is 4.89. The van der Waals surface area contributed by atoms with Crippen molar-refractivity contribution in [2.75, 3.05) is 40.3 Å². The Morgan fingerprint density at radius 2 is 1.67 bits per heavy atom. The van der Waals surface area contributed by atoms with E-state index in [0.29, 0.717) is 5.11 Å². The molecule has 0 saturated carbocycles. The summed E-state index contributed by atoms with van der Waals surface area (Å²) in [6.45, 7) is 3.54. The maximum atomic E-state index is 5.52. The van der Waals surface area contributed by atoms with Crippen molar-refractivity contribution in [3.8, 4) is 0 Å². The Kier molecular flexibility index (Phi) is 7.03. The minimum atomic E-state index is 0.473. The minimum Gasteiger partial charge on any atom is -0.376 e. The number of hydrogen-bond acceptors (Lipinski definition) is 3. The Morgan fingerprint density at radius 3 is 1.92 bits per heavy atom. The molecule has 0 radical (unpaired) electrons. The highest BCUT2D eigenvalue weighted by atomic mass is 32.1. The molecule has 0 atom stereocenters. The quantitative estimate of drug-likeness (QED) is 0.468. The van der Waals surface area contributed by atoms with E-state index in [2.05, 4.69) is 10.6 Å². The second-order valence-electron chi connectivity index (χ2n) is 2.53. The summed E-state index contributed by atoms with van der Waals surface area (Å²) in [5, 5.41) is 6.58. The van der Waals surface area contributed by atoms with Crippen LogP contribution in [0, 0.1) is 0 Å². The molecule has 0 rings (SSSR count). The van der Waals surface area contributed by atoms with E-state index in [-0.39, 0.29) is 0 Å². The van der Waals surface area contributed by atoms with Crippen molar-refractivity contribution in [3.05, 3.63) is 0 Å². The van der Waals surface area contributed by atoms with Gasteiger partial charge < -0.3 is 21.3 Å². The highest BCUT2D eigenvalue weighted by Gasteiger charge is 2.03. The van der Waals surface area contributed by atoms with Gasteiger partial charge in [-0.25, -0.2) is 0 Å². The van der Waals surface area contributed by atoms with Crippen LogP contribution in [0.3, 0.4) is 0 Å². The molecule has 5 heteroatoms.